The molecule has 1 rings (SSSR count). The topological polar surface area (TPSA) is 47.6 Å². The van der Waals surface area contributed by atoms with Gasteiger partial charge >= 0.3 is 0 Å². The van der Waals surface area contributed by atoms with Crippen molar-refractivity contribution in [2.45, 2.75) is 53.1 Å². The van der Waals surface area contributed by atoms with E-state index in [0.29, 0.717) is 25.6 Å². The molecule has 4 heteroatoms. The highest BCUT2D eigenvalue weighted by molar-refractivity contribution is 5.97. The lowest BCUT2D eigenvalue weighted by molar-refractivity contribution is -0.140. The van der Waals surface area contributed by atoms with Gasteiger partial charge in [-0.05, 0) is 56.9 Å². The molecule has 4 nitrogen and oxygen atoms in total. The minimum absolute atomic E-state index is 0.106. The highest BCUT2D eigenvalue weighted by Crippen LogP contribution is 2.24. The second kappa shape index (κ2) is 8.79. The number of nitrogens with one attached hydrogen (secondary N) is 1. The van der Waals surface area contributed by atoms with E-state index in [2.05, 4.69) is 26.1 Å². The summed E-state index contributed by atoms with van der Waals surface area (Å²) in [6.45, 7) is 11.2. The Kier molecular flexibility index (Phi) is 7.39. The molecule has 0 unspecified atom stereocenters. The molecular formula is C18H29NO3. The van der Waals surface area contributed by atoms with E-state index in [-0.39, 0.29) is 5.91 Å². The second-order valence-corrected chi connectivity index (χ2v) is 6.09. The first-order chi connectivity index (χ1) is 10.4. The smallest absolute Gasteiger partial charge is 0.256 e. The predicted molar refractivity (Wildman–Crippen MR) is 90.3 cm³/mol. The van der Waals surface area contributed by atoms with E-state index < -0.39 is 5.60 Å². The first-order valence-corrected chi connectivity index (χ1v) is 8.09. The van der Waals surface area contributed by atoms with E-state index in [4.69, 9.17) is 9.47 Å². The molecule has 0 heterocycles. The number of benzene rings is 1. The van der Waals surface area contributed by atoms with Crippen molar-refractivity contribution in [3.8, 4) is 5.75 Å². The summed E-state index contributed by atoms with van der Waals surface area (Å²) in [6, 6.07) is 7.44. The van der Waals surface area contributed by atoms with E-state index in [1.165, 1.54) is 0 Å². The average molecular weight is 307 g/mol. The molecule has 124 valence electrons. The highest BCUT2D eigenvalue weighted by Gasteiger charge is 2.34. The summed E-state index contributed by atoms with van der Waals surface area (Å²) in [5.74, 6) is 1.09. The summed E-state index contributed by atoms with van der Waals surface area (Å²) in [5.41, 5.74) is -0.0520. The van der Waals surface area contributed by atoms with Crippen LogP contribution in [0.15, 0.2) is 24.3 Å². The van der Waals surface area contributed by atoms with E-state index >= 15 is 0 Å². The Bertz CT molecular complexity index is 456. The molecular weight excluding hydrogens is 278 g/mol. The van der Waals surface area contributed by atoms with Gasteiger partial charge in [0, 0.05) is 12.3 Å². The number of ether oxygens (including phenoxy) is 2. The van der Waals surface area contributed by atoms with Crippen LogP contribution in [-0.4, -0.2) is 24.7 Å². The molecule has 0 aliphatic rings. The van der Waals surface area contributed by atoms with Crippen molar-refractivity contribution in [2.24, 2.45) is 5.92 Å². The minimum Gasteiger partial charge on any atom is -0.494 e. The number of anilines is 1. The van der Waals surface area contributed by atoms with Crippen LogP contribution in [0.3, 0.4) is 0 Å². The molecule has 1 aromatic carbocycles. The zero-order chi connectivity index (χ0) is 16.6. The highest BCUT2D eigenvalue weighted by atomic mass is 16.5. The van der Waals surface area contributed by atoms with Gasteiger partial charge in [0.25, 0.3) is 5.91 Å². The van der Waals surface area contributed by atoms with E-state index in [1.807, 2.05) is 38.1 Å². The molecule has 0 radical (unpaired) electrons. The number of hydrogen-bond acceptors (Lipinski definition) is 3. The molecule has 1 amide bonds. The Balaban J connectivity index is 2.72. The Morgan fingerprint density at radius 1 is 1.23 bits per heavy atom. The maximum atomic E-state index is 12.5. The second-order valence-electron chi connectivity index (χ2n) is 6.09. The lowest BCUT2D eigenvalue weighted by atomic mass is 9.93. The monoisotopic (exact) mass is 307 g/mol. The van der Waals surface area contributed by atoms with Gasteiger partial charge in [0.2, 0.25) is 0 Å². The van der Waals surface area contributed by atoms with Gasteiger partial charge in [0.05, 0.1) is 6.61 Å². The Labute approximate surface area is 134 Å². The fourth-order valence-electron chi connectivity index (χ4n) is 2.43. The van der Waals surface area contributed by atoms with Gasteiger partial charge in [-0.25, -0.2) is 0 Å². The molecule has 0 aliphatic heterocycles. The van der Waals surface area contributed by atoms with Crippen molar-refractivity contribution < 1.29 is 14.3 Å². The minimum atomic E-state index is -0.805. The fourth-order valence-corrected chi connectivity index (χ4v) is 2.43. The predicted octanol–water partition coefficient (Wildman–Crippen LogP) is 4.26. The summed E-state index contributed by atoms with van der Waals surface area (Å²) in [7, 11) is 0. The van der Waals surface area contributed by atoms with Gasteiger partial charge < -0.3 is 14.8 Å². The SMILES string of the molecule is CCCOc1ccc(NC(=O)[C@@](C)(CC(C)C)OCC)cc1. The summed E-state index contributed by atoms with van der Waals surface area (Å²) in [6.07, 6.45) is 1.66. The standard InChI is InChI=1S/C18H29NO3/c1-6-12-21-16-10-8-15(9-11-16)19-17(20)18(5,22-7-2)13-14(3)4/h8-11,14H,6-7,12-13H2,1-5H3,(H,19,20)/t18-/m1/s1. The van der Waals surface area contributed by atoms with E-state index in [0.717, 1.165) is 17.9 Å². The van der Waals surface area contributed by atoms with Crippen molar-refractivity contribution in [1.82, 2.24) is 0 Å². The van der Waals surface area contributed by atoms with Crippen molar-refractivity contribution in [2.75, 3.05) is 18.5 Å². The van der Waals surface area contributed by atoms with Crippen LogP contribution in [0.25, 0.3) is 0 Å². The van der Waals surface area contributed by atoms with Crippen LogP contribution < -0.4 is 10.1 Å². The van der Waals surface area contributed by atoms with Crippen LogP contribution in [0.2, 0.25) is 0 Å². The molecule has 0 saturated carbocycles. The first kappa shape index (κ1) is 18.5. The van der Waals surface area contributed by atoms with Gasteiger partial charge in [-0.15, -0.1) is 0 Å². The molecule has 0 bridgehead atoms. The van der Waals surface area contributed by atoms with Crippen molar-refractivity contribution in [3.05, 3.63) is 24.3 Å². The summed E-state index contributed by atoms with van der Waals surface area (Å²) in [4.78, 5) is 12.5. The van der Waals surface area contributed by atoms with Crippen LogP contribution in [0, 0.1) is 5.92 Å². The third-order valence-corrected chi connectivity index (χ3v) is 3.33. The molecule has 0 fully saturated rings. The zero-order valence-corrected chi connectivity index (χ0v) is 14.4. The van der Waals surface area contributed by atoms with Crippen LogP contribution >= 0.6 is 0 Å². The van der Waals surface area contributed by atoms with Gasteiger partial charge in [-0.2, -0.15) is 0 Å². The average Bonchev–Trinajstić information content (AvgIpc) is 2.46. The van der Waals surface area contributed by atoms with Gasteiger partial charge in [-0.3, -0.25) is 4.79 Å². The molecule has 1 N–H and O–H groups in total. The summed E-state index contributed by atoms with van der Waals surface area (Å²) >= 11 is 0. The Hall–Kier alpha value is -1.55. The quantitative estimate of drug-likeness (QED) is 0.741. The third kappa shape index (κ3) is 5.68. The van der Waals surface area contributed by atoms with Crippen LogP contribution in [-0.2, 0) is 9.53 Å². The molecule has 0 spiro atoms. The fraction of sp³-hybridized carbons (Fsp3) is 0.611. The van der Waals surface area contributed by atoms with Gasteiger partial charge in [0.15, 0.2) is 0 Å². The molecule has 0 aliphatic carbocycles. The number of amides is 1. The molecule has 22 heavy (non-hydrogen) atoms. The van der Waals surface area contributed by atoms with Crippen molar-refractivity contribution in [1.29, 1.82) is 0 Å². The Morgan fingerprint density at radius 3 is 2.36 bits per heavy atom. The lowest BCUT2D eigenvalue weighted by Crippen LogP contribution is -2.43. The van der Waals surface area contributed by atoms with Crippen LogP contribution in [0.5, 0.6) is 5.75 Å². The van der Waals surface area contributed by atoms with Crippen molar-refractivity contribution >= 4 is 11.6 Å². The maximum Gasteiger partial charge on any atom is 0.256 e. The molecule has 1 atom stereocenters. The number of carbonyl (C=O) groups is 1. The summed E-state index contributed by atoms with van der Waals surface area (Å²) < 4.78 is 11.3. The third-order valence-electron chi connectivity index (χ3n) is 3.33. The van der Waals surface area contributed by atoms with Crippen LogP contribution in [0.4, 0.5) is 5.69 Å². The van der Waals surface area contributed by atoms with Gasteiger partial charge in [0.1, 0.15) is 11.4 Å². The Morgan fingerprint density at radius 2 is 1.86 bits per heavy atom. The molecule has 1 aromatic rings. The normalized spacial score (nSPS) is 13.7. The van der Waals surface area contributed by atoms with Crippen LogP contribution in [0.1, 0.15) is 47.5 Å². The summed E-state index contributed by atoms with van der Waals surface area (Å²) in [5, 5.41) is 2.94. The first-order valence-electron chi connectivity index (χ1n) is 8.09. The molecule has 0 saturated heterocycles. The number of carbonyl (C=O) groups excluding carboxylic acids is 1. The number of hydrogen-bond donors (Lipinski definition) is 1. The van der Waals surface area contributed by atoms with E-state index in [9.17, 15) is 4.79 Å². The lowest BCUT2D eigenvalue weighted by Gasteiger charge is -2.29. The largest absolute Gasteiger partial charge is 0.494 e. The molecule has 0 aromatic heterocycles. The van der Waals surface area contributed by atoms with Gasteiger partial charge in [-0.1, -0.05) is 20.8 Å². The maximum absolute atomic E-state index is 12.5. The zero-order valence-electron chi connectivity index (χ0n) is 14.4. The van der Waals surface area contributed by atoms with E-state index in [1.54, 1.807) is 0 Å². The van der Waals surface area contributed by atoms with Crippen molar-refractivity contribution in [3.63, 3.8) is 0 Å². The number of rotatable bonds is 9.